The van der Waals surface area contributed by atoms with Crippen LogP contribution in [0.25, 0.3) is 0 Å². The summed E-state index contributed by atoms with van der Waals surface area (Å²) in [6, 6.07) is 11.5. The first-order chi connectivity index (χ1) is 13.1. The Labute approximate surface area is 161 Å². The third kappa shape index (κ3) is 4.15. The van der Waals surface area contributed by atoms with E-state index in [0.717, 1.165) is 30.7 Å². The van der Waals surface area contributed by atoms with Crippen LogP contribution in [-0.2, 0) is 13.6 Å². The van der Waals surface area contributed by atoms with Gasteiger partial charge in [0.2, 0.25) is 0 Å². The Morgan fingerprint density at radius 2 is 1.96 bits per heavy atom. The molecule has 0 radical (unpaired) electrons. The number of hydrogen-bond acceptors (Lipinski definition) is 3. The number of nitrogens with zero attached hydrogens (tertiary/aromatic N) is 5. The Kier molecular flexibility index (Phi) is 5.14. The van der Waals surface area contributed by atoms with Crippen molar-refractivity contribution in [2.24, 2.45) is 18.0 Å². The summed E-state index contributed by atoms with van der Waals surface area (Å²) in [5.41, 5.74) is 1.47. The van der Waals surface area contributed by atoms with E-state index in [1.807, 2.05) is 18.5 Å². The van der Waals surface area contributed by atoms with Gasteiger partial charge in [-0.05, 0) is 43.6 Å². The molecule has 0 bridgehead atoms. The van der Waals surface area contributed by atoms with Gasteiger partial charge in [0.05, 0.1) is 0 Å². The van der Waals surface area contributed by atoms with Crippen molar-refractivity contribution in [2.45, 2.75) is 51.6 Å². The largest absolute Gasteiger partial charge is 0.353 e. The minimum atomic E-state index is 0.569. The number of guanidine groups is 1. The van der Waals surface area contributed by atoms with E-state index in [0.29, 0.717) is 24.4 Å². The first-order valence-corrected chi connectivity index (χ1v) is 10.1. The lowest BCUT2D eigenvalue weighted by molar-refractivity contribution is 0.234. The van der Waals surface area contributed by atoms with Crippen molar-refractivity contribution in [3.63, 3.8) is 0 Å². The van der Waals surface area contributed by atoms with Gasteiger partial charge in [-0.25, -0.2) is 4.99 Å². The minimum absolute atomic E-state index is 0.569. The lowest BCUT2D eigenvalue weighted by atomic mass is 9.82. The van der Waals surface area contributed by atoms with E-state index in [1.165, 1.54) is 24.8 Å². The Bertz CT molecular complexity index is 792. The first-order valence-electron chi connectivity index (χ1n) is 10.1. The average Bonchev–Trinajstić information content (AvgIpc) is 3.45. The molecule has 2 unspecified atom stereocenters. The number of aliphatic imine (C=N–C) groups is 1. The molecule has 1 saturated heterocycles. The minimum Gasteiger partial charge on any atom is -0.353 e. The van der Waals surface area contributed by atoms with Gasteiger partial charge < -0.3 is 14.8 Å². The fourth-order valence-corrected chi connectivity index (χ4v) is 3.91. The Morgan fingerprint density at radius 3 is 2.59 bits per heavy atom. The monoisotopic (exact) mass is 366 g/mol. The quantitative estimate of drug-likeness (QED) is 0.668. The van der Waals surface area contributed by atoms with E-state index >= 15 is 0 Å². The molecule has 1 N–H and O–H groups in total. The molecule has 0 amide bonds. The summed E-state index contributed by atoms with van der Waals surface area (Å²) < 4.78 is 2.02. The second kappa shape index (κ2) is 7.71. The fourth-order valence-electron chi connectivity index (χ4n) is 3.91. The Balaban J connectivity index is 1.46. The molecule has 2 heterocycles. The molecule has 1 aromatic heterocycles. The fraction of sp³-hybridized carbons (Fsp3) is 0.571. The molecule has 1 aromatic carbocycles. The third-order valence-electron chi connectivity index (χ3n) is 5.90. The summed E-state index contributed by atoms with van der Waals surface area (Å²) in [6.45, 7) is 6.99. The van der Waals surface area contributed by atoms with Gasteiger partial charge in [-0.2, -0.15) is 0 Å². The van der Waals surface area contributed by atoms with Crippen molar-refractivity contribution in [3.8, 4) is 0 Å². The molecule has 27 heavy (non-hydrogen) atoms. The highest BCUT2D eigenvalue weighted by Gasteiger charge is 2.31. The highest BCUT2D eigenvalue weighted by Crippen LogP contribution is 2.33. The maximum atomic E-state index is 4.91. The number of rotatable bonds is 4. The summed E-state index contributed by atoms with van der Waals surface area (Å²) in [7, 11) is 2.00. The molecule has 2 aromatic rings. The second-order valence-electron chi connectivity index (χ2n) is 8.01. The molecule has 1 aliphatic heterocycles. The number of benzene rings is 1. The lowest BCUT2D eigenvalue weighted by Gasteiger charge is -2.39. The summed E-state index contributed by atoms with van der Waals surface area (Å²) in [4.78, 5) is 7.35. The maximum Gasteiger partial charge on any atom is 0.194 e. The lowest BCUT2D eigenvalue weighted by Crippen LogP contribution is -2.48. The zero-order valence-electron chi connectivity index (χ0n) is 16.6. The van der Waals surface area contributed by atoms with Gasteiger partial charge >= 0.3 is 0 Å². The van der Waals surface area contributed by atoms with E-state index in [2.05, 4.69) is 57.7 Å². The van der Waals surface area contributed by atoms with Crippen LogP contribution in [0.5, 0.6) is 0 Å². The van der Waals surface area contributed by atoms with Gasteiger partial charge in [-0.3, -0.25) is 0 Å². The molecular formula is C21H30N6. The smallest absolute Gasteiger partial charge is 0.194 e. The number of nitrogens with one attached hydrogen (secondary N) is 1. The van der Waals surface area contributed by atoms with E-state index in [1.54, 1.807) is 0 Å². The first kappa shape index (κ1) is 18.0. The van der Waals surface area contributed by atoms with Crippen molar-refractivity contribution in [1.29, 1.82) is 0 Å². The number of hydrogen-bond donors (Lipinski definition) is 1. The van der Waals surface area contributed by atoms with Crippen molar-refractivity contribution in [3.05, 3.63) is 47.5 Å². The topological polar surface area (TPSA) is 58.3 Å². The van der Waals surface area contributed by atoms with Crippen molar-refractivity contribution in [2.75, 3.05) is 13.1 Å². The number of aromatic nitrogens is 3. The molecule has 2 fully saturated rings. The van der Waals surface area contributed by atoms with E-state index in [-0.39, 0.29) is 0 Å². The van der Waals surface area contributed by atoms with Crippen LogP contribution in [0, 0.1) is 12.8 Å². The van der Waals surface area contributed by atoms with Gasteiger partial charge in [0, 0.05) is 26.2 Å². The van der Waals surface area contributed by atoms with Crippen LogP contribution in [-0.4, -0.2) is 44.8 Å². The average molecular weight is 367 g/mol. The van der Waals surface area contributed by atoms with Crippen molar-refractivity contribution >= 4 is 5.96 Å². The molecule has 144 valence electrons. The van der Waals surface area contributed by atoms with Crippen LogP contribution in [0.4, 0.5) is 0 Å². The second-order valence-corrected chi connectivity index (χ2v) is 8.01. The van der Waals surface area contributed by atoms with Crippen LogP contribution in [0.3, 0.4) is 0 Å². The standard InChI is InChI=1S/C21H30N6/c1-15-14-27(12-11-19(15)17-7-5-4-6-8-17)21(23-18-9-10-18)22-13-20-25-24-16(2)26(20)3/h4-8,15,18-19H,9-14H2,1-3H3,(H,22,23). The molecule has 1 aliphatic carbocycles. The van der Waals surface area contributed by atoms with Crippen LogP contribution < -0.4 is 5.32 Å². The van der Waals surface area contributed by atoms with Gasteiger partial charge in [0.15, 0.2) is 11.8 Å². The van der Waals surface area contributed by atoms with E-state index in [9.17, 15) is 0 Å². The summed E-state index contributed by atoms with van der Waals surface area (Å²) >= 11 is 0. The Hall–Kier alpha value is -2.37. The zero-order valence-corrected chi connectivity index (χ0v) is 16.6. The Morgan fingerprint density at radius 1 is 1.19 bits per heavy atom. The van der Waals surface area contributed by atoms with Crippen molar-refractivity contribution < 1.29 is 0 Å². The molecule has 1 saturated carbocycles. The third-order valence-corrected chi connectivity index (χ3v) is 5.90. The summed E-state index contributed by atoms with van der Waals surface area (Å²) in [5.74, 6) is 4.11. The van der Waals surface area contributed by atoms with Crippen molar-refractivity contribution in [1.82, 2.24) is 25.0 Å². The summed E-state index contributed by atoms with van der Waals surface area (Å²) in [5, 5.41) is 12.0. The number of likely N-dealkylation sites (tertiary alicyclic amines) is 1. The van der Waals surface area contributed by atoms with Gasteiger partial charge in [-0.15, -0.1) is 10.2 Å². The van der Waals surface area contributed by atoms with Crippen LogP contribution in [0.15, 0.2) is 35.3 Å². The normalized spacial score (nSPS) is 23.5. The molecule has 6 heteroatoms. The van der Waals surface area contributed by atoms with E-state index in [4.69, 9.17) is 4.99 Å². The van der Waals surface area contributed by atoms with Gasteiger partial charge in [0.25, 0.3) is 0 Å². The molecule has 2 aliphatic rings. The maximum absolute atomic E-state index is 4.91. The zero-order chi connectivity index (χ0) is 18.8. The van der Waals surface area contributed by atoms with Gasteiger partial charge in [0.1, 0.15) is 12.4 Å². The highest BCUT2D eigenvalue weighted by molar-refractivity contribution is 5.80. The molecule has 2 atom stereocenters. The number of aryl methyl sites for hydroxylation is 1. The predicted octanol–water partition coefficient (Wildman–Crippen LogP) is 2.86. The highest BCUT2D eigenvalue weighted by atomic mass is 15.3. The van der Waals surface area contributed by atoms with Crippen LogP contribution >= 0.6 is 0 Å². The predicted molar refractivity (Wildman–Crippen MR) is 108 cm³/mol. The van der Waals surface area contributed by atoms with Gasteiger partial charge in [-0.1, -0.05) is 37.3 Å². The van der Waals surface area contributed by atoms with E-state index < -0.39 is 0 Å². The molecule has 0 spiro atoms. The van der Waals surface area contributed by atoms with Crippen LogP contribution in [0.2, 0.25) is 0 Å². The van der Waals surface area contributed by atoms with Crippen LogP contribution in [0.1, 0.15) is 49.3 Å². The SMILES string of the molecule is Cc1nnc(CN=C(NC2CC2)N2CCC(c3ccccc3)C(C)C2)n1C. The number of piperidine rings is 1. The summed E-state index contributed by atoms with van der Waals surface area (Å²) in [6.07, 6.45) is 3.66. The molecule has 4 rings (SSSR count). The molecular weight excluding hydrogens is 336 g/mol. The molecule has 6 nitrogen and oxygen atoms in total.